The highest BCUT2D eigenvalue weighted by Gasteiger charge is 2.26. The van der Waals surface area contributed by atoms with Crippen molar-refractivity contribution in [1.29, 1.82) is 0 Å². The maximum absolute atomic E-state index is 11.9. The molecule has 0 aliphatic heterocycles. The Bertz CT molecular complexity index is 535. The largest absolute Gasteiger partial charge is 0.465 e. The molecule has 1 aromatic rings. The van der Waals surface area contributed by atoms with Gasteiger partial charge < -0.3 is 15.4 Å². The topological polar surface area (TPSA) is 67.4 Å². The molecule has 21 heavy (non-hydrogen) atoms. The van der Waals surface area contributed by atoms with E-state index in [9.17, 15) is 22.8 Å². The monoisotopic (exact) mass is 324 g/mol. The summed E-state index contributed by atoms with van der Waals surface area (Å²) in [5.41, 5.74) is 0.347. The first-order chi connectivity index (χ1) is 9.73. The Morgan fingerprint density at radius 1 is 1.33 bits per heavy atom. The van der Waals surface area contributed by atoms with E-state index in [1.54, 1.807) is 0 Å². The molecule has 0 aromatic heterocycles. The first-order valence-electron chi connectivity index (χ1n) is 5.72. The number of carbonyl (C=O) groups excluding carboxylic acids is 2. The molecule has 2 amide bonds. The average Bonchev–Trinajstić information content (AvgIpc) is 2.36. The van der Waals surface area contributed by atoms with Gasteiger partial charge in [-0.25, -0.2) is 9.59 Å². The number of hydrogen-bond acceptors (Lipinski definition) is 3. The summed E-state index contributed by atoms with van der Waals surface area (Å²) in [4.78, 5) is 22.7. The number of esters is 1. The van der Waals surface area contributed by atoms with Gasteiger partial charge in [0.05, 0.1) is 24.1 Å². The molecule has 1 rings (SSSR count). The number of rotatable bonds is 4. The summed E-state index contributed by atoms with van der Waals surface area (Å²) in [6, 6.07) is 3.19. The van der Waals surface area contributed by atoms with Crippen LogP contribution in [0.3, 0.4) is 0 Å². The van der Waals surface area contributed by atoms with E-state index in [0.29, 0.717) is 0 Å². The molecule has 0 saturated carbocycles. The number of benzene rings is 1. The Morgan fingerprint density at radius 2 is 2.00 bits per heavy atom. The third kappa shape index (κ3) is 5.90. The van der Waals surface area contributed by atoms with Crippen LogP contribution in [0.1, 0.15) is 16.8 Å². The number of carbonyl (C=O) groups is 2. The number of anilines is 1. The summed E-state index contributed by atoms with van der Waals surface area (Å²) in [7, 11) is 1.19. The highest BCUT2D eigenvalue weighted by atomic mass is 35.5. The number of amides is 2. The van der Waals surface area contributed by atoms with Crippen LogP contribution >= 0.6 is 11.6 Å². The van der Waals surface area contributed by atoms with Gasteiger partial charge in [0.15, 0.2) is 0 Å². The van der Waals surface area contributed by atoms with Gasteiger partial charge in [-0.05, 0) is 18.2 Å². The van der Waals surface area contributed by atoms with E-state index < -0.39 is 31.1 Å². The minimum absolute atomic E-state index is 0.0509. The molecule has 0 saturated heterocycles. The van der Waals surface area contributed by atoms with Crippen LogP contribution in [-0.4, -0.2) is 31.8 Å². The minimum atomic E-state index is -4.33. The highest BCUT2D eigenvalue weighted by Crippen LogP contribution is 2.22. The zero-order chi connectivity index (χ0) is 16.0. The molecule has 0 fully saturated rings. The maximum atomic E-state index is 11.9. The third-order valence-corrected chi connectivity index (χ3v) is 2.64. The molecule has 0 aliphatic carbocycles. The number of alkyl halides is 3. The molecule has 5 nitrogen and oxygen atoms in total. The summed E-state index contributed by atoms with van der Waals surface area (Å²) in [5.74, 6) is -0.638. The molecule has 116 valence electrons. The predicted molar refractivity (Wildman–Crippen MR) is 70.5 cm³/mol. The standard InChI is InChI=1S/C12H12ClF3N2O3/c1-21-10(19)8-3-2-7(6-9(8)13)18-11(20)17-5-4-12(14,15)16/h2-3,6H,4-5H2,1H3,(H2,17,18,20). The molecule has 0 aliphatic rings. The fourth-order valence-corrected chi connectivity index (χ4v) is 1.62. The molecule has 0 atom stereocenters. The van der Waals surface area contributed by atoms with E-state index >= 15 is 0 Å². The van der Waals surface area contributed by atoms with Crippen molar-refractivity contribution in [2.45, 2.75) is 12.6 Å². The van der Waals surface area contributed by atoms with Gasteiger partial charge in [-0.15, -0.1) is 0 Å². The zero-order valence-corrected chi connectivity index (χ0v) is 11.6. The molecule has 2 N–H and O–H groups in total. The second kappa shape index (κ2) is 7.16. The summed E-state index contributed by atoms with van der Waals surface area (Å²) < 4.78 is 40.2. The van der Waals surface area contributed by atoms with Crippen LogP contribution < -0.4 is 10.6 Å². The molecule has 0 unspecified atom stereocenters. The minimum Gasteiger partial charge on any atom is -0.465 e. The molecular formula is C12H12ClF3N2O3. The van der Waals surface area contributed by atoms with Crippen molar-refractivity contribution in [1.82, 2.24) is 5.32 Å². The van der Waals surface area contributed by atoms with Crippen molar-refractivity contribution in [2.24, 2.45) is 0 Å². The molecule has 0 bridgehead atoms. The van der Waals surface area contributed by atoms with Crippen molar-refractivity contribution in [3.05, 3.63) is 28.8 Å². The predicted octanol–water partition coefficient (Wildman–Crippen LogP) is 3.20. The van der Waals surface area contributed by atoms with Gasteiger partial charge in [-0.1, -0.05) is 11.6 Å². The van der Waals surface area contributed by atoms with Crippen LogP contribution in [0.25, 0.3) is 0 Å². The highest BCUT2D eigenvalue weighted by molar-refractivity contribution is 6.33. The van der Waals surface area contributed by atoms with Gasteiger partial charge in [0, 0.05) is 12.2 Å². The summed E-state index contributed by atoms with van der Waals surface area (Å²) in [6.45, 7) is -0.538. The van der Waals surface area contributed by atoms with E-state index in [1.807, 2.05) is 0 Å². The van der Waals surface area contributed by atoms with E-state index in [0.717, 1.165) is 0 Å². The number of hydrogen-bond donors (Lipinski definition) is 2. The van der Waals surface area contributed by atoms with Crippen LogP contribution in [0.4, 0.5) is 23.7 Å². The summed E-state index contributed by atoms with van der Waals surface area (Å²) in [6.07, 6.45) is -5.46. The van der Waals surface area contributed by atoms with Crippen molar-refractivity contribution >= 4 is 29.3 Å². The van der Waals surface area contributed by atoms with Crippen molar-refractivity contribution < 1.29 is 27.5 Å². The van der Waals surface area contributed by atoms with Crippen LogP contribution in [0.15, 0.2) is 18.2 Å². The number of halogens is 4. The Morgan fingerprint density at radius 3 is 2.52 bits per heavy atom. The number of nitrogens with one attached hydrogen (secondary N) is 2. The van der Waals surface area contributed by atoms with Crippen molar-refractivity contribution in [3.63, 3.8) is 0 Å². The van der Waals surface area contributed by atoms with Crippen LogP contribution in [0, 0.1) is 0 Å². The fourth-order valence-electron chi connectivity index (χ4n) is 1.36. The second-order valence-electron chi connectivity index (χ2n) is 3.93. The number of urea groups is 1. The van der Waals surface area contributed by atoms with Crippen LogP contribution in [-0.2, 0) is 4.74 Å². The number of methoxy groups -OCH3 is 1. The van der Waals surface area contributed by atoms with Crippen LogP contribution in [0.5, 0.6) is 0 Å². The summed E-state index contributed by atoms with van der Waals surface area (Å²) in [5, 5.41) is 4.40. The zero-order valence-electron chi connectivity index (χ0n) is 10.9. The quantitative estimate of drug-likeness (QED) is 0.836. The van der Waals surface area contributed by atoms with Crippen molar-refractivity contribution in [2.75, 3.05) is 19.0 Å². The number of ether oxygens (including phenoxy) is 1. The molecule has 0 heterocycles. The van der Waals surface area contributed by atoms with E-state index in [-0.39, 0.29) is 16.3 Å². The molecule has 0 spiro atoms. The van der Waals surface area contributed by atoms with E-state index in [1.165, 1.54) is 25.3 Å². The molecular weight excluding hydrogens is 313 g/mol. The Kier molecular flexibility index (Phi) is 5.83. The fraction of sp³-hybridized carbons (Fsp3) is 0.333. The van der Waals surface area contributed by atoms with Gasteiger partial charge >= 0.3 is 18.2 Å². The summed E-state index contributed by atoms with van der Waals surface area (Å²) >= 11 is 5.83. The average molecular weight is 325 g/mol. The van der Waals surface area contributed by atoms with Gasteiger partial charge in [-0.2, -0.15) is 13.2 Å². The second-order valence-corrected chi connectivity index (χ2v) is 4.34. The Labute approximate surface area is 123 Å². The van der Waals surface area contributed by atoms with Crippen LogP contribution in [0.2, 0.25) is 5.02 Å². The van der Waals surface area contributed by atoms with Crippen molar-refractivity contribution in [3.8, 4) is 0 Å². The first kappa shape index (κ1) is 17.1. The molecule has 1 aromatic carbocycles. The van der Waals surface area contributed by atoms with Gasteiger partial charge in [0.1, 0.15) is 0 Å². The first-order valence-corrected chi connectivity index (χ1v) is 6.10. The molecule has 0 radical (unpaired) electrons. The Hall–Kier alpha value is -1.96. The third-order valence-electron chi connectivity index (χ3n) is 2.33. The van der Waals surface area contributed by atoms with E-state index in [4.69, 9.17) is 11.6 Å². The van der Waals surface area contributed by atoms with Gasteiger partial charge in [0.2, 0.25) is 0 Å². The Balaban J connectivity index is 2.57. The van der Waals surface area contributed by atoms with Gasteiger partial charge in [0.25, 0.3) is 0 Å². The normalized spacial score (nSPS) is 10.9. The maximum Gasteiger partial charge on any atom is 0.390 e. The van der Waals surface area contributed by atoms with E-state index in [2.05, 4.69) is 15.4 Å². The molecule has 9 heteroatoms. The smallest absolute Gasteiger partial charge is 0.390 e. The van der Waals surface area contributed by atoms with Gasteiger partial charge in [-0.3, -0.25) is 0 Å². The lowest BCUT2D eigenvalue weighted by molar-refractivity contribution is -0.132. The lowest BCUT2D eigenvalue weighted by Gasteiger charge is -2.10. The SMILES string of the molecule is COC(=O)c1ccc(NC(=O)NCCC(F)(F)F)cc1Cl. The lowest BCUT2D eigenvalue weighted by atomic mass is 10.2. The lowest BCUT2D eigenvalue weighted by Crippen LogP contribution is -2.31.